The maximum atomic E-state index is 4.56. The average molecular weight is 797 g/mol. The van der Waals surface area contributed by atoms with Crippen molar-refractivity contribution in [1.29, 1.82) is 0 Å². The lowest BCUT2D eigenvalue weighted by molar-refractivity contribution is 0.255. The number of nitrogens with one attached hydrogen (secondary N) is 1. The molecule has 1 heterocycles. The van der Waals surface area contributed by atoms with E-state index in [2.05, 4.69) is 176 Å². The van der Waals surface area contributed by atoms with Gasteiger partial charge in [-0.25, -0.2) is 0 Å². The molecule has 1 saturated heterocycles. The van der Waals surface area contributed by atoms with Crippen molar-refractivity contribution < 1.29 is 0 Å². The van der Waals surface area contributed by atoms with Crippen LogP contribution in [-0.4, -0.2) is 32.1 Å². The van der Waals surface area contributed by atoms with E-state index >= 15 is 0 Å². The number of hydrogen-bond acceptors (Lipinski definition) is 2. The fraction of sp³-hybridized carbons (Fsp3) is 0.439. The summed E-state index contributed by atoms with van der Waals surface area (Å²) in [5.41, 5.74) is 17.0. The molecule has 1 aliphatic rings. The van der Waals surface area contributed by atoms with E-state index in [0.29, 0.717) is 0 Å². The summed E-state index contributed by atoms with van der Waals surface area (Å²) in [5, 5.41) is 3.01. The van der Waals surface area contributed by atoms with Crippen molar-refractivity contribution in [2.24, 2.45) is 0 Å². The lowest BCUT2D eigenvalue weighted by Crippen LogP contribution is -2.29. The molecule has 0 spiro atoms. The third-order valence-corrected chi connectivity index (χ3v) is 10.9. The van der Waals surface area contributed by atoms with E-state index in [1.807, 2.05) is 41.7 Å². The van der Waals surface area contributed by atoms with Gasteiger partial charge in [-0.2, -0.15) is 0 Å². The number of unbranched alkanes of at least 4 members (excludes halogenated alkanes) is 2. The Balaban J connectivity index is 0.000000810. The molecule has 2 nitrogen and oxygen atoms in total. The van der Waals surface area contributed by atoms with Crippen molar-refractivity contribution in [3.63, 3.8) is 0 Å². The Hall–Kier alpha value is -4.40. The van der Waals surface area contributed by atoms with Gasteiger partial charge in [0.05, 0.1) is 0 Å². The monoisotopic (exact) mass is 797 g/mol. The molecule has 4 aromatic rings. The summed E-state index contributed by atoms with van der Waals surface area (Å²) < 4.78 is 0. The van der Waals surface area contributed by atoms with Crippen LogP contribution in [0, 0.1) is 20.8 Å². The zero-order valence-corrected chi connectivity index (χ0v) is 40.2. The van der Waals surface area contributed by atoms with Gasteiger partial charge in [-0.1, -0.05) is 171 Å². The van der Waals surface area contributed by atoms with E-state index in [4.69, 9.17) is 0 Å². The molecular formula is C57H84N2. The van der Waals surface area contributed by atoms with Crippen LogP contribution in [-0.2, 0) is 18.3 Å². The second-order valence-corrected chi connectivity index (χ2v) is 16.5. The van der Waals surface area contributed by atoms with Crippen LogP contribution >= 0.6 is 0 Å². The number of likely N-dealkylation sites (tertiary alicyclic amines) is 1. The molecule has 1 fully saturated rings. The Morgan fingerprint density at radius 2 is 1.31 bits per heavy atom. The van der Waals surface area contributed by atoms with E-state index in [1.54, 1.807) is 11.6 Å². The minimum Gasteiger partial charge on any atom is -0.388 e. The van der Waals surface area contributed by atoms with Gasteiger partial charge in [0.15, 0.2) is 0 Å². The number of aryl methyl sites for hydroxylation is 5. The standard InChI is InChI=1S/C40H53N.C10H13N.C3H6.2C2H6/c1-9-36(31(4)37-18-14-13-15-29(37)2)38-27-30(3)35(28-39(38)40(5,6)7)17-12-10-11-16-32-19-21-33(22-20-32)34-23-25-41(8)26-24-34;1-8-4-6-10(7-5-8)9(2)11-3;1-3-2;2*1-2/h9,13-15,18-22,27-28,34H,4,10-12,16-17,23-26H2,1-3,5-8H3;4-7,11H,2H2,1,3H3;3H,1H2,2H3;2*1-2H3/b36-9+;;;;. The fourth-order valence-electron chi connectivity index (χ4n) is 7.43. The summed E-state index contributed by atoms with van der Waals surface area (Å²) >= 11 is 0. The number of rotatable bonds is 12. The van der Waals surface area contributed by atoms with Crippen molar-refractivity contribution in [3.05, 3.63) is 172 Å². The summed E-state index contributed by atoms with van der Waals surface area (Å²) in [6.07, 6.45) is 12.7. The quantitative estimate of drug-likeness (QED) is 0.0873. The van der Waals surface area contributed by atoms with E-state index < -0.39 is 0 Å². The van der Waals surface area contributed by atoms with E-state index in [-0.39, 0.29) is 5.41 Å². The van der Waals surface area contributed by atoms with Crippen LogP contribution in [0.2, 0.25) is 0 Å². The SMILES string of the molecule is C=C(/C(=C\C)c1cc(C)c(CCCCCc2ccc(C3CCN(C)CC3)cc2)cc1C(C)(C)C)c1ccccc1C.C=C(NC)c1ccc(C)cc1.C=CC.CC.CC. The minimum atomic E-state index is 0.0533. The van der Waals surface area contributed by atoms with E-state index in [9.17, 15) is 0 Å². The average Bonchev–Trinajstić information content (AvgIpc) is 3.24. The zero-order chi connectivity index (χ0) is 44.5. The van der Waals surface area contributed by atoms with Gasteiger partial charge in [0.25, 0.3) is 0 Å². The summed E-state index contributed by atoms with van der Waals surface area (Å²) in [7, 11) is 4.12. The first kappa shape index (κ1) is 52.6. The van der Waals surface area contributed by atoms with Crippen molar-refractivity contribution in [3.8, 4) is 0 Å². The molecule has 4 aromatic carbocycles. The Labute approximate surface area is 364 Å². The molecule has 1 aliphatic heterocycles. The molecule has 0 amide bonds. The topological polar surface area (TPSA) is 15.3 Å². The molecule has 0 saturated carbocycles. The van der Waals surface area contributed by atoms with Gasteiger partial charge in [-0.05, 0) is 166 Å². The Bertz CT molecular complexity index is 1840. The first-order chi connectivity index (χ1) is 28.2. The molecule has 0 aromatic heterocycles. The molecule has 2 heteroatoms. The van der Waals surface area contributed by atoms with Crippen LogP contribution < -0.4 is 5.32 Å². The smallest absolute Gasteiger partial charge is 0.0338 e. The van der Waals surface area contributed by atoms with Gasteiger partial charge < -0.3 is 10.2 Å². The number of nitrogens with zero attached hydrogens (tertiary/aromatic N) is 1. The number of allylic oxidation sites excluding steroid dienone is 4. The predicted molar refractivity (Wildman–Crippen MR) is 269 cm³/mol. The first-order valence-corrected chi connectivity index (χ1v) is 22.6. The molecular weight excluding hydrogens is 713 g/mol. The summed E-state index contributed by atoms with van der Waals surface area (Å²) in [6.45, 7) is 39.8. The molecule has 5 rings (SSSR count). The van der Waals surface area contributed by atoms with Crippen molar-refractivity contribution >= 4 is 16.8 Å². The molecule has 0 atom stereocenters. The highest BCUT2D eigenvalue weighted by Crippen LogP contribution is 2.39. The maximum absolute atomic E-state index is 4.56. The minimum absolute atomic E-state index is 0.0533. The van der Waals surface area contributed by atoms with Gasteiger partial charge in [0.2, 0.25) is 0 Å². The predicted octanol–water partition coefficient (Wildman–Crippen LogP) is 15.9. The van der Waals surface area contributed by atoms with Crippen LogP contribution in [0.5, 0.6) is 0 Å². The lowest BCUT2D eigenvalue weighted by atomic mass is 9.77. The Morgan fingerprint density at radius 3 is 1.83 bits per heavy atom. The molecule has 0 radical (unpaired) electrons. The number of hydrogen-bond donors (Lipinski definition) is 1. The van der Waals surface area contributed by atoms with Crippen LogP contribution in [0.1, 0.15) is 156 Å². The van der Waals surface area contributed by atoms with Crippen LogP contribution in [0.25, 0.3) is 16.8 Å². The summed E-state index contributed by atoms with van der Waals surface area (Å²) in [6, 6.07) is 31.4. The van der Waals surface area contributed by atoms with Crippen LogP contribution in [0.3, 0.4) is 0 Å². The van der Waals surface area contributed by atoms with Crippen molar-refractivity contribution in [2.45, 2.75) is 139 Å². The van der Waals surface area contributed by atoms with Gasteiger partial charge in [-0.3, -0.25) is 0 Å². The normalized spacial score (nSPS) is 12.8. The highest BCUT2D eigenvalue weighted by molar-refractivity contribution is 6.05. The van der Waals surface area contributed by atoms with Crippen LogP contribution in [0.15, 0.2) is 117 Å². The van der Waals surface area contributed by atoms with Gasteiger partial charge >= 0.3 is 0 Å². The maximum Gasteiger partial charge on any atom is 0.0338 e. The highest BCUT2D eigenvalue weighted by Gasteiger charge is 2.23. The molecule has 0 aliphatic carbocycles. The van der Waals surface area contributed by atoms with Crippen LogP contribution in [0.4, 0.5) is 0 Å². The fourth-order valence-corrected chi connectivity index (χ4v) is 7.43. The molecule has 0 bridgehead atoms. The second-order valence-electron chi connectivity index (χ2n) is 16.5. The zero-order valence-electron chi connectivity index (χ0n) is 40.2. The lowest BCUT2D eigenvalue weighted by Gasteiger charge is -2.29. The van der Waals surface area contributed by atoms with Crippen molar-refractivity contribution in [1.82, 2.24) is 10.2 Å². The van der Waals surface area contributed by atoms with Gasteiger partial charge in [0.1, 0.15) is 0 Å². The molecule has 322 valence electrons. The molecule has 1 N–H and O–H groups in total. The number of benzene rings is 4. The van der Waals surface area contributed by atoms with E-state index in [0.717, 1.165) is 29.2 Å². The Kier molecular flexibility index (Phi) is 25.1. The van der Waals surface area contributed by atoms with Crippen molar-refractivity contribution in [2.75, 3.05) is 27.2 Å². The molecule has 0 unspecified atom stereocenters. The highest BCUT2D eigenvalue weighted by atomic mass is 15.1. The van der Waals surface area contributed by atoms with Gasteiger partial charge in [-0.15, -0.1) is 6.58 Å². The third-order valence-electron chi connectivity index (χ3n) is 10.9. The molecule has 59 heavy (non-hydrogen) atoms. The summed E-state index contributed by atoms with van der Waals surface area (Å²) in [4.78, 5) is 2.45. The summed E-state index contributed by atoms with van der Waals surface area (Å²) in [5.74, 6) is 0.747. The Morgan fingerprint density at radius 1 is 0.746 bits per heavy atom. The number of piperidine rings is 1. The van der Waals surface area contributed by atoms with Gasteiger partial charge in [0, 0.05) is 12.7 Å². The second kappa shape index (κ2) is 28.1. The first-order valence-electron chi connectivity index (χ1n) is 22.6. The largest absolute Gasteiger partial charge is 0.388 e. The third kappa shape index (κ3) is 17.4. The van der Waals surface area contributed by atoms with E-state index in [1.165, 1.54) is 102 Å².